The van der Waals surface area contributed by atoms with Gasteiger partial charge in [0.2, 0.25) is 5.91 Å². The van der Waals surface area contributed by atoms with Crippen molar-refractivity contribution in [2.75, 3.05) is 27.2 Å². The third-order valence-corrected chi connectivity index (χ3v) is 7.14. The van der Waals surface area contributed by atoms with E-state index in [2.05, 4.69) is 17.4 Å². The summed E-state index contributed by atoms with van der Waals surface area (Å²) in [6.07, 6.45) is 4.51. The zero-order valence-electron chi connectivity index (χ0n) is 14.9. The zero-order chi connectivity index (χ0) is 18.0. The summed E-state index contributed by atoms with van der Waals surface area (Å²) in [4.78, 5) is 12.8. The zero-order valence-corrected chi connectivity index (χ0v) is 15.8. The van der Waals surface area contributed by atoms with Crippen LogP contribution in [0, 0.1) is 5.92 Å². The SMILES string of the molecule is CN(C)S(=O)(=O)N1CCC[C@H](C(=O)N[C@@H]2CCCc3ccccc32)C1. The lowest BCUT2D eigenvalue weighted by molar-refractivity contribution is -0.127. The summed E-state index contributed by atoms with van der Waals surface area (Å²) >= 11 is 0. The Morgan fingerprint density at radius 2 is 1.96 bits per heavy atom. The van der Waals surface area contributed by atoms with Crippen LogP contribution in [-0.2, 0) is 21.4 Å². The highest BCUT2D eigenvalue weighted by molar-refractivity contribution is 7.86. The van der Waals surface area contributed by atoms with Crippen LogP contribution in [0.3, 0.4) is 0 Å². The van der Waals surface area contributed by atoms with E-state index in [9.17, 15) is 13.2 Å². The highest BCUT2D eigenvalue weighted by atomic mass is 32.2. The minimum absolute atomic E-state index is 0.0274. The quantitative estimate of drug-likeness (QED) is 0.883. The molecule has 0 saturated carbocycles. The van der Waals surface area contributed by atoms with Gasteiger partial charge in [-0.15, -0.1) is 0 Å². The third-order valence-electron chi connectivity index (χ3n) is 5.23. The largest absolute Gasteiger partial charge is 0.349 e. The van der Waals surface area contributed by atoms with Crippen molar-refractivity contribution in [1.29, 1.82) is 0 Å². The van der Waals surface area contributed by atoms with Crippen LogP contribution < -0.4 is 5.32 Å². The van der Waals surface area contributed by atoms with E-state index in [0.717, 1.165) is 25.7 Å². The van der Waals surface area contributed by atoms with Crippen LogP contribution in [0.5, 0.6) is 0 Å². The van der Waals surface area contributed by atoms with E-state index in [1.165, 1.54) is 33.8 Å². The monoisotopic (exact) mass is 365 g/mol. The Labute approximate surface area is 150 Å². The molecule has 1 aliphatic carbocycles. The first-order valence-corrected chi connectivity index (χ1v) is 10.3. The van der Waals surface area contributed by atoms with Gasteiger partial charge in [0.05, 0.1) is 12.0 Å². The molecule has 7 heteroatoms. The number of hydrogen-bond donors (Lipinski definition) is 1. The Morgan fingerprint density at radius 3 is 2.72 bits per heavy atom. The number of nitrogens with one attached hydrogen (secondary N) is 1. The number of hydrogen-bond acceptors (Lipinski definition) is 3. The molecule has 1 amide bonds. The Morgan fingerprint density at radius 1 is 1.20 bits per heavy atom. The number of amides is 1. The number of nitrogens with zero attached hydrogens (tertiary/aromatic N) is 2. The van der Waals surface area contributed by atoms with Gasteiger partial charge >= 0.3 is 0 Å². The number of piperidine rings is 1. The molecule has 1 aromatic carbocycles. The number of carbonyl (C=O) groups is 1. The number of aryl methyl sites for hydroxylation is 1. The summed E-state index contributed by atoms with van der Waals surface area (Å²) in [6, 6.07) is 8.30. The van der Waals surface area contributed by atoms with Crippen LogP contribution in [0.1, 0.15) is 42.9 Å². The van der Waals surface area contributed by atoms with Gasteiger partial charge in [0, 0.05) is 27.2 Å². The van der Waals surface area contributed by atoms with Crippen LogP contribution in [0.2, 0.25) is 0 Å². The third kappa shape index (κ3) is 3.88. The van der Waals surface area contributed by atoms with E-state index in [0.29, 0.717) is 13.0 Å². The Kier molecular flexibility index (Phi) is 5.46. The van der Waals surface area contributed by atoms with Crippen LogP contribution in [0.4, 0.5) is 0 Å². The van der Waals surface area contributed by atoms with Gasteiger partial charge in [-0.3, -0.25) is 4.79 Å². The van der Waals surface area contributed by atoms with E-state index in [1.54, 1.807) is 0 Å². The molecule has 0 spiro atoms. The van der Waals surface area contributed by atoms with E-state index in [1.807, 2.05) is 12.1 Å². The Hall–Kier alpha value is -1.44. The van der Waals surface area contributed by atoms with Gasteiger partial charge in [-0.25, -0.2) is 0 Å². The lowest BCUT2D eigenvalue weighted by atomic mass is 9.87. The predicted octanol–water partition coefficient (Wildman–Crippen LogP) is 1.70. The first-order valence-electron chi connectivity index (χ1n) is 8.95. The summed E-state index contributed by atoms with van der Waals surface area (Å²) in [5, 5.41) is 3.17. The second-order valence-electron chi connectivity index (χ2n) is 7.14. The topological polar surface area (TPSA) is 69.7 Å². The molecular weight excluding hydrogens is 338 g/mol. The average molecular weight is 365 g/mol. The first kappa shape index (κ1) is 18.4. The van der Waals surface area contributed by atoms with Crippen molar-refractivity contribution in [3.63, 3.8) is 0 Å². The number of carbonyl (C=O) groups excluding carboxylic acids is 1. The molecule has 3 rings (SSSR count). The fourth-order valence-corrected chi connectivity index (χ4v) is 4.98. The molecular formula is C18H27N3O3S. The van der Waals surface area contributed by atoms with Crippen molar-refractivity contribution in [2.24, 2.45) is 5.92 Å². The summed E-state index contributed by atoms with van der Waals surface area (Å²) in [5.74, 6) is -0.307. The lowest BCUT2D eigenvalue weighted by Gasteiger charge is -2.34. The van der Waals surface area contributed by atoms with E-state index in [-0.39, 0.29) is 24.4 Å². The Bertz CT molecular complexity index is 733. The molecule has 1 heterocycles. The van der Waals surface area contributed by atoms with Gasteiger partial charge in [0.25, 0.3) is 10.2 Å². The second-order valence-corrected chi connectivity index (χ2v) is 9.28. The van der Waals surface area contributed by atoms with Gasteiger partial charge in [-0.05, 0) is 43.2 Å². The summed E-state index contributed by atoms with van der Waals surface area (Å²) in [6.45, 7) is 0.747. The molecule has 1 aromatic rings. The average Bonchev–Trinajstić information content (AvgIpc) is 2.62. The van der Waals surface area contributed by atoms with Gasteiger partial charge in [-0.2, -0.15) is 17.0 Å². The molecule has 2 atom stereocenters. The lowest BCUT2D eigenvalue weighted by Crippen LogP contribution is -2.49. The number of benzene rings is 1. The van der Waals surface area contributed by atoms with Crippen molar-refractivity contribution in [1.82, 2.24) is 13.9 Å². The van der Waals surface area contributed by atoms with Gasteiger partial charge in [0.15, 0.2) is 0 Å². The smallest absolute Gasteiger partial charge is 0.281 e. The van der Waals surface area contributed by atoms with Gasteiger partial charge < -0.3 is 5.32 Å². The molecule has 6 nitrogen and oxygen atoms in total. The number of rotatable bonds is 4. The van der Waals surface area contributed by atoms with Crippen molar-refractivity contribution < 1.29 is 13.2 Å². The minimum Gasteiger partial charge on any atom is -0.349 e. The highest BCUT2D eigenvalue weighted by Crippen LogP contribution is 2.30. The molecule has 25 heavy (non-hydrogen) atoms. The fourth-order valence-electron chi connectivity index (χ4n) is 3.79. The molecule has 0 aromatic heterocycles. The van der Waals surface area contributed by atoms with E-state index < -0.39 is 10.2 Å². The summed E-state index contributed by atoms with van der Waals surface area (Å²) in [5.41, 5.74) is 2.51. The summed E-state index contributed by atoms with van der Waals surface area (Å²) in [7, 11) is -0.410. The van der Waals surface area contributed by atoms with Crippen LogP contribution in [0.15, 0.2) is 24.3 Å². The summed E-state index contributed by atoms with van der Waals surface area (Å²) < 4.78 is 27.3. The highest BCUT2D eigenvalue weighted by Gasteiger charge is 2.34. The van der Waals surface area contributed by atoms with Gasteiger partial charge in [-0.1, -0.05) is 24.3 Å². The molecule has 138 valence electrons. The van der Waals surface area contributed by atoms with E-state index in [4.69, 9.17) is 0 Å². The minimum atomic E-state index is -3.46. The molecule has 1 saturated heterocycles. The normalized spacial score (nSPS) is 24.8. The Balaban J connectivity index is 1.68. The molecule has 1 fully saturated rings. The molecule has 2 aliphatic rings. The van der Waals surface area contributed by atoms with Crippen molar-refractivity contribution in [3.8, 4) is 0 Å². The maximum atomic E-state index is 12.8. The molecule has 0 bridgehead atoms. The predicted molar refractivity (Wildman–Crippen MR) is 97.2 cm³/mol. The van der Waals surface area contributed by atoms with Crippen LogP contribution in [-0.4, -0.2) is 50.1 Å². The molecule has 1 aliphatic heterocycles. The number of fused-ring (bicyclic) bond motifs is 1. The molecule has 0 radical (unpaired) electrons. The molecule has 0 unspecified atom stereocenters. The maximum Gasteiger partial charge on any atom is 0.281 e. The van der Waals surface area contributed by atoms with Crippen molar-refractivity contribution >= 4 is 16.1 Å². The molecule has 1 N–H and O–H groups in total. The van der Waals surface area contributed by atoms with Crippen molar-refractivity contribution in [2.45, 2.75) is 38.1 Å². The second kappa shape index (κ2) is 7.43. The van der Waals surface area contributed by atoms with Crippen LogP contribution in [0.25, 0.3) is 0 Å². The van der Waals surface area contributed by atoms with Gasteiger partial charge in [0.1, 0.15) is 0 Å². The van der Waals surface area contributed by atoms with E-state index >= 15 is 0 Å². The van der Waals surface area contributed by atoms with Crippen molar-refractivity contribution in [3.05, 3.63) is 35.4 Å². The van der Waals surface area contributed by atoms with Crippen LogP contribution >= 0.6 is 0 Å². The fraction of sp³-hybridized carbons (Fsp3) is 0.611. The standard InChI is InChI=1S/C18H27N3O3S/c1-20(2)25(23,24)21-12-6-9-15(13-21)18(22)19-17-11-5-8-14-7-3-4-10-16(14)17/h3-4,7,10,15,17H,5-6,8-9,11-13H2,1-2H3,(H,19,22)/t15-,17+/m0/s1. The first-order chi connectivity index (χ1) is 11.9. The maximum absolute atomic E-state index is 12.8.